The van der Waals surface area contributed by atoms with Gasteiger partial charge in [0, 0.05) is 58.8 Å². The van der Waals surface area contributed by atoms with E-state index in [0.717, 1.165) is 96.4 Å². The monoisotopic (exact) mass is 555 g/mol. The van der Waals surface area contributed by atoms with Crippen LogP contribution in [0.3, 0.4) is 0 Å². The second-order valence-electron chi connectivity index (χ2n) is 8.73. The molecule has 0 bridgehead atoms. The summed E-state index contributed by atoms with van der Waals surface area (Å²) >= 11 is 0. The van der Waals surface area contributed by atoms with Gasteiger partial charge in [0.1, 0.15) is 5.75 Å². The van der Waals surface area contributed by atoms with Crippen LogP contribution in [0, 0.1) is 0 Å². The Kier molecular flexibility index (Phi) is 9.90. The molecule has 2 saturated heterocycles. The van der Waals surface area contributed by atoms with Gasteiger partial charge in [0.25, 0.3) is 0 Å². The molecule has 7 nitrogen and oxygen atoms in total. The largest absolute Gasteiger partial charge is 0.493 e. The fourth-order valence-corrected chi connectivity index (χ4v) is 4.66. The van der Waals surface area contributed by atoms with Crippen molar-refractivity contribution in [1.29, 1.82) is 0 Å². The van der Waals surface area contributed by atoms with Gasteiger partial charge in [-0.1, -0.05) is 12.1 Å². The fraction of sp³-hybridized carbons (Fsp3) is 0.667. The molecule has 0 saturated carbocycles. The molecule has 1 N–H and O–H groups in total. The van der Waals surface area contributed by atoms with Gasteiger partial charge in [0.05, 0.1) is 13.2 Å². The first-order chi connectivity index (χ1) is 15.2. The molecule has 32 heavy (non-hydrogen) atoms. The minimum atomic E-state index is 0. The second kappa shape index (κ2) is 12.6. The molecule has 1 aromatic carbocycles. The average molecular weight is 556 g/mol. The number of piperazine rings is 1. The van der Waals surface area contributed by atoms with Crippen molar-refractivity contribution in [3.8, 4) is 5.75 Å². The summed E-state index contributed by atoms with van der Waals surface area (Å²) in [6, 6.07) is 6.52. The first-order valence-electron chi connectivity index (χ1n) is 12.0. The molecule has 2 fully saturated rings. The van der Waals surface area contributed by atoms with E-state index in [1.165, 1.54) is 17.5 Å². The number of hydrogen-bond donors (Lipinski definition) is 1. The van der Waals surface area contributed by atoms with Gasteiger partial charge in [-0.15, -0.1) is 24.0 Å². The number of fused-ring (bicyclic) bond motifs is 1. The van der Waals surface area contributed by atoms with Crippen molar-refractivity contribution in [3.63, 3.8) is 0 Å². The van der Waals surface area contributed by atoms with Crippen LogP contribution >= 0.6 is 24.0 Å². The van der Waals surface area contributed by atoms with Gasteiger partial charge in [0.15, 0.2) is 5.96 Å². The first-order valence-corrected chi connectivity index (χ1v) is 12.0. The number of rotatable bonds is 6. The number of nitrogens with one attached hydrogen (secondary N) is 1. The highest BCUT2D eigenvalue weighted by molar-refractivity contribution is 14.0. The molecule has 1 aromatic rings. The SMILES string of the molecule is CCNC(=NCCc1ccc2c(c1)CCO2)N1CCN(CC(=O)N2CCCCC2)CC1.I. The Morgan fingerprint density at radius 1 is 1.06 bits per heavy atom. The topological polar surface area (TPSA) is 60.4 Å². The predicted octanol–water partition coefficient (Wildman–Crippen LogP) is 2.38. The highest BCUT2D eigenvalue weighted by atomic mass is 127. The van der Waals surface area contributed by atoms with Crippen LogP contribution in [-0.4, -0.2) is 92.1 Å². The van der Waals surface area contributed by atoms with E-state index >= 15 is 0 Å². The van der Waals surface area contributed by atoms with Crippen LogP contribution in [0.15, 0.2) is 23.2 Å². The summed E-state index contributed by atoms with van der Waals surface area (Å²) in [5.74, 6) is 2.33. The molecule has 178 valence electrons. The summed E-state index contributed by atoms with van der Waals surface area (Å²) in [6.45, 7) is 10.6. The fourth-order valence-electron chi connectivity index (χ4n) is 4.66. The number of ether oxygens (including phenoxy) is 1. The summed E-state index contributed by atoms with van der Waals surface area (Å²) in [5, 5.41) is 3.45. The maximum Gasteiger partial charge on any atom is 0.236 e. The number of guanidine groups is 1. The Morgan fingerprint density at radius 3 is 2.59 bits per heavy atom. The molecule has 0 spiro atoms. The van der Waals surface area contributed by atoms with Crippen LogP contribution in [0.2, 0.25) is 0 Å². The molecular weight excluding hydrogens is 517 g/mol. The molecule has 3 heterocycles. The van der Waals surface area contributed by atoms with Gasteiger partial charge in [-0.3, -0.25) is 14.7 Å². The Hall–Kier alpha value is -1.55. The summed E-state index contributed by atoms with van der Waals surface area (Å²) in [7, 11) is 0. The van der Waals surface area contributed by atoms with Crippen molar-refractivity contribution in [2.45, 2.75) is 39.0 Å². The lowest BCUT2D eigenvalue weighted by Crippen LogP contribution is -2.54. The number of amides is 1. The highest BCUT2D eigenvalue weighted by Crippen LogP contribution is 2.26. The number of likely N-dealkylation sites (tertiary alicyclic amines) is 1. The third-order valence-electron chi connectivity index (χ3n) is 6.49. The minimum Gasteiger partial charge on any atom is -0.493 e. The molecule has 0 unspecified atom stereocenters. The zero-order valence-electron chi connectivity index (χ0n) is 19.4. The summed E-state index contributed by atoms with van der Waals surface area (Å²) in [5.41, 5.74) is 2.65. The molecule has 8 heteroatoms. The van der Waals surface area contributed by atoms with Gasteiger partial charge < -0.3 is 19.9 Å². The third-order valence-corrected chi connectivity index (χ3v) is 6.49. The summed E-state index contributed by atoms with van der Waals surface area (Å²) in [4.78, 5) is 24.1. The number of halogens is 1. The van der Waals surface area contributed by atoms with Crippen LogP contribution in [0.25, 0.3) is 0 Å². The molecule has 1 amide bonds. The van der Waals surface area contributed by atoms with Gasteiger partial charge in [-0.2, -0.15) is 0 Å². The van der Waals surface area contributed by atoms with E-state index in [9.17, 15) is 4.79 Å². The van der Waals surface area contributed by atoms with Gasteiger partial charge in [-0.25, -0.2) is 0 Å². The molecule has 0 radical (unpaired) electrons. The smallest absolute Gasteiger partial charge is 0.236 e. The molecule has 0 aliphatic carbocycles. The van der Waals surface area contributed by atoms with E-state index < -0.39 is 0 Å². The van der Waals surface area contributed by atoms with E-state index in [4.69, 9.17) is 9.73 Å². The zero-order chi connectivity index (χ0) is 21.5. The Morgan fingerprint density at radius 2 is 1.84 bits per heavy atom. The van der Waals surface area contributed by atoms with Crippen LogP contribution in [0.1, 0.15) is 37.3 Å². The number of nitrogens with zero attached hydrogens (tertiary/aromatic N) is 4. The van der Waals surface area contributed by atoms with Gasteiger partial charge >= 0.3 is 0 Å². The maximum absolute atomic E-state index is 12.6. The van der Waals surface area contributed by atoms with E-state index in [0.29, 0.717) is 12.5 Å². The van der Waals surface area contributed by atoms with Crippen molar-refractivity contribution in [3.05, 3.63) is 29.3 Å². The third kappa shape index (κ3) is 6.73. The molecule has 0 atom stereocenters. The maximum atomic E-state index is 12.6. The Labute approximate surface area is 209 Å². The van der Waals surface area contributed by atoms with Crippen molar-refractivity contribution in [1.82, 2.24) is 20.0 Å². The molecule has 4 rings (SSSR count). The highest BCUT2D eigenvalue weighted by Gasteiger charge is 2.24. The van der Waals surface area contributed by atoms with Crippen LogP contribution in [-0.2, 0) is 17.6 Å². The predicted molar refractivity (Wildman–Crippen MR) is 139 cm³/mol. The van der Waals surface area contributed by atoms with Crippen LogP contribution in [0.5, 0.6) is 5.75 Å². The second-order valence-corrected chi connectivity index (χ2v) is 8.73. The lowest BCUT2D eigenvalue weighted by atomic mass is 10.1. The van der Waals surface area contributed by atoms with Gasteiger partial charge in [-0.05, 0) is 49.8 Å². The van der Waals surface area contributed by atoms with Crippen LogP contribution < -0.4 is 10.1 Å². The van der Waals surface area contributed by atoms with Crippen molar-refractivity contribution in [2.24, 2.45) is 4.99 Å². The van der Waals surface area contributed by atoms with E-state index in [1.54, 1.807) is 0 Å². The number of benzene rings is 1. The lowest BCUT2D eigenvalue weighted by molar-refractivity contribution is -0.133. The normalized spacial score (nSPS) is 19.2. The zero-order valence-corrected chi connectivity index (χ0v) is 21.7. The number of carbonyl (C=O) groups excluding carboxylic acids is 1. The molecular formula is C24H38IN5O2. The Balaban J connectivity index is 0.00000289. The van der Waals surface area contributed by atoms with Crippen molar-refractivity contribution < 1.29 is 9.53 Å². The Bertz CT molecular complexity index is 774. The van der Waals surface area contributed by atoms with Crippen molar-refractivity contribution in [2.75, 3.05) is 65.5 Å². The minimum absolute atomic E-state index is 0. The number of hydrogen-bond acceptors (Lipinski definition) is 4. The van der Waals surface area contributed by atoms with Crippen LogP contribution in [0.4, 0.5) is 0 Å². The molecule has 3 aliphatic rings. The number of aliphatic imine (C=N–C) groups is 1. The summed E-state index contributed by atoms with van der Waals surface area (Å²) in [6.07, 6.45) is 5.52. The molecule has 3 aliphatic heterocycles. The lowest BCUT2D eigenvalue weighted by Gasteiger charge is -2.37. The van der Waals surface area contributed by atoms with E-state index in [-0.39, 0.29) is 24.0 Å². The standard InChI is InChI=1S/C24H37N5O2.HI/c1-2-25-24(26-10-8-20-6-7-22-21(18-20)9-17-31-22)29-15-13-27(14-16-29)19-23(30)28-11-4-3-5-12-28;/h6-7,18H,2-5,8-17,19H2,1H3,(H,25,26);1H. The average Bonchev–Trinajstić information content (AvgIpc) is 3.28. The first kappa shape index (κ1) is 25.1. The quantitative estimate of drug-likeness (QED) is 0.332. The summed E-state index contributed by atoms with van der Waals surface area (Å²) < 4.78 is 5.60. The van der Waals surface area contributed by atoms with E-state index in [2.05, 4.69) is 40.2 Å². The van der Waals surface area contributed by atoms with E-state index in [1.807, 2.05) is 4.90 Å². The van der Waals surface area contributed by atoms with Gasteiger partial charge in [0.2, 0.25) is 5.91 Å². The van der Waals surface area contributed by atoms with Crippen molar-refractivity contribution >= 4 is 35.8 Å². The number of carbonyl (C=O) groups is 1. The molecule has 0 aromatic heterocycles. The number of piperidine rings is 1.